The van der Waals surface area contributed by atoms with Gasteiger partial charge in [0.05, 0.1) is 0 Å². The van der Waals surface area contributed by atoms with E-state index in [1.54, 1.807) is 6.07 Å². The van der Waals surface area contributed by atoms with Crippen LogP contribution in [0.2, 0.25) is 0 Å². The SMILES string of the molecule is CCNCc1csc(S(=O)(=O)NC2(C)CCCC2)c1. The summed E-state index contributed by atoms with van der Waals surface area (Å²) in [4.78, 5) is 0. The van der Waals surface area contributed by atoms with Crippen LogP contribution in [-0.2, 0) is 16.6 Å². The average molecular weight is 302 g/mol. The lowest BCUT2D eigenvalue weighted by Gasteiger charge is -2.24. The largest absolute Gasteiger partial charge is 0.313 e. The molecular weight excluding hydrogens is 280 g/mol. The monoisotopic (exact) mass is 302 g/mol. The van der Waals surface area contributed by atoms with Gasteiger partial charge < -0.3 is 5.32 Å². The van der Waals surface area contributed by atoms with Crippen LogP contribution >= 0.6 is 11.3 Å². The Labute approximate surface area is 119 Å². The molecule has 0 amide bonds. The third-order valence-electron chi connectivity index (χ3n) is 3.56. The third kappa shape index (κ3) is 3.78. The lowest BCUT2D eigenvalue weighted by molar-refractivity contribution is 0.428. The summed E-state index contributed by atoms with van der Waals surface area (Å²) in [5, 5.41) is 5.11. The van der Waals surface area contributed by atoms with E-state index in [-0.39, 0.29) is 5.54 Å². The van der Waals surface area contributed by atoms with Crippen molar-refractivity contribution in [2.45, 2.75) is 55.8 Å². The van der Waals surface area contributed by atoms with Crippen molar-refractivity contribution in [1.82, 2.24) is 10.0 Å². The molecule has 4 nitrogen and oxygen atoms in total. The molecule has 0 aliphatic heterocycles. The van der Waals surface area contributed by atoms with Crippen molar-refractivity contribution in [3.8, 4) is 0 Å². The molecular formula is C13H22N2O2S2. The molecule has 19 heavy (non-hydrogen) atoms. The molecule has 6 heteroatoms. The van der Waals surface area contributed by atoms with Gasteiger partial charge in [-0.3, -0.25) is 0 Å². The number of hydrogen-bond donors (Lipinski definition) is 2. The van der Waals surface area contributed by atoms with E-state index in [2.05, 4.69) is 10.0 Å². The van der Waals surface area contributed by atoms with Crippen LogP contribution in [0.15, 0.2) is 15.7 Å². The molecule has 0 unspecified atom stereocenters. The molecule has 1 heterocycles. The highest BCUT2D eigenvalue weighted by atomic mass is 32.2. The van der Waals surface area contributed by atoms with E-state index in [1.807, 2.05) is 19.2 Å². The Balaban J connectivity index is 2.08. The number of hydrogen-bond acceptors (Lipinski definition) is 4. The Morgan fingerprint density at radius 2 is 2.05 bits per heavy atom. The highest BCUT2D eigenvalue weighted by Gasteiger charge is 2.34. The van der Waals surface area contributed by atoms with E-state index >= 15 is 0 Å². The second-order valence-corrected chi connectivity index (χ2v) is 8.25. The number of rotatable bonds is 6. The summed E-state index contributed by atoms with van der Waals surface area (Å²) < 4.78 is 28.0. The predicted molar refractivity (Wildman–Crippen MR) is 78.9 cm³/mol. The van der Waals surface area contributed by atoms with Crippen molar-refractivity contribution in [3.05, 3.63) is 17.0 Å². The molecule has 2 rings (SSSR count). The normalized spacial score (nSPS) is 18.8. The first-order valence-corrected chi connectivity index (χ1v) is 9.14. The third-order valence-corrected chi connectivity index (χ3v) is 6.69. The van der Waals surface area contributed by atoms with Gasteiger partial charge in [-0.15, -0.1) is 11.3 Å². The quantitative estimate of drug-likeness (QED) is 0.848. The molecule has 0 aromatic carbocycles. The minimum atomic E-state index is -3.37. The van der Waals surface area contributed by atoms with Gasteiger partial charge in [0.2, 0.25) is 0 Å². The fraction of sp³-hybridized carbons (Fsp3) is 0.692. The Kier molecular flexibility index (Phi) is 4.66. The fourth-order valence-electron chi connectivity index (χ4n) is 2.49. The molecule has 1 aromatic rings. The van der Waals surface area contributed by atoms with Crippen LogP contribution in [0.5, 0.6) is 0 Å². The minimum Gasteiger partial charge on any atom is -0.313 e. The van der Waals surface area contributed by atoms with Crippen molar-refractivity contribution in [1.29, 1.82) is 0 Å². The molecule has 0 saturated heterocycles. The van der Waals surface area contributed by atoms with E-state index in [0.717, 1.165) is 44.3 Å². The summed E-state index contributed by atoms with van der Waals surface area (Å²) in [6.45, 7) is 5.64. The molecule has 0 atom stereocenters. The molecule has 1 aliphatic rings. The van der Waals surface area contributed by atoms with Gasteiger partial charge in [0.15, 0.2) is 0 Å². The molecule has 1 aliphatic carbocycles. The predicted octanol–water partition coefficient (Wildman–Crippen LogP) is 2.47. The maximum atomic E-state index is 12.4. The molecule has 0 bridgehead atoms. The van der Waals surface area contributed by atoms with Gasteiger partial charge in [-0.05, 0) is 43.3 Å². The van der Waals surface area contributed by atoms with Crippen LogP contribution in [0, 0.1) is 0 Å². The average Bonchev–Trinajstić information content (AvgIpc) is 2.95. The van der Waals surface area contributed by atoms with Gasteiger partial charge in [-0.1, -0.05) is 19.8 Å². The highest BCUT2D eigenvalue weighted by molar-refractivity contribution is 7.91. The van der Waals surface area contributed by atoms with E-state index < -0.39 is 10.0 Å². The van der Waals surface area contributed by atoms with Gasteiger partial charge in [-0.25, -0.2) is 13.1 Å². The van der Waals surface area contributed by atoms with Crippen LogP contribution in [0.25, 0.3) is 0 Å². The van der Waals surface area contributed by atoms with E-state index in [0.29, 0.717) is 4.21 Å². The molecule has 1 aromatic heterocycles. The van der Waals surface area contributed by atoms with Gasteiger partial charge in [0.25, 0.3) is 10.0 Å². The van der Waals surface area contributed by atoms with Crippen molar-refractivity contribution >= 4 is 21.4 Å². The Hall–Kier alpha value is -0.430. The second-order valence-electron chi connectivity index (χ2n) is 5.43. The number of thiophene rings is 1. The smallest absolute Gasteiger partial charge is 0.250 e. The summed E-state index contributed by atoms with van der Waals surface area (Å²) in [5.74, 6) is 0. The Bertz CT molecular complexity index is 517. The molecule has 1 saturated carbocycles. The van der Waals surface area contributed by atoms with Crippen molar-refractivity contribution in [2.75, 3.05) is 6.54 Å². The molecule has 0 radical (unpaired) electrons. The van der Waals surface area contributed by atoms with Crippen LogP contribution in [0.3, 0.4) is 0 Å². The zero-order valence-corrected chi connectivity index (χ0v) is 13.2. The van der Waals surface area contributed by atoms with E-state index in [1.165, 1.54) is 11.3 Å². The number of nitrogens with one attached hydrogen (secondary N) is 2. The van der Waals surface area contributed by atoms with E-state index in [9.17, 15) is 8.42 Å². The van der Waals surface area contributed by atoms with Gasteiger partial charge in [0.1, 0.15) is 4.21 Å². The first-order chi connectivity index (χ1) is 8.95. The first-order valence-electron chi connectivity index (χ1n) is 6.77. The molecule has 1 fully saturated rings. The van der Waals surface area contributed by atoms with Crippen LogP contribution in [-0.4, -0.2) is 20.5 Å². The second kappa shape index (κ2) is 5.91. The summed E-state index contributed by atoms with van der Waals surface area (Å²) >= 11 is 1.30. The molecule has 108 valence electrons. The van der Waals surface area contributed by atoms with E-state index in [4.69, 9.17) is 0 Å². The van der Waals surface area contributed by atoms with Gasteiger partial charge >= 0.3 is 0 Å². The summed E-state index contributed by atoms with van der Waals surface area (Å²) in [7, 11) is -3.37. The summed E-state index contributed by atoms with van der Waals surface area (Å²) in [6, 6.07) is 1.77. The van der Waals surface area contributed by atoms with Gasteiger partial charge in [-0.2, -0.15) is 0 Å². The Morgan fingerprint density at radius 3 is 2.68 bits per heavy atom. The van der Waals surface area contributed by atoms with Crippen molar-refractivity contribution < 1.29 is 8.42 Å². The number of sulfonamides is 1. The first kappa shape index (κ1) is 15.0. The van der Waals surface area contributed by atoms with Gasteiger partial charge in [0, 0.05) is 12.1 Å². The fourth-order valence-corrected chi connectivity index (χ4v) is 5.16. The Morgan fingerprint density at radius 1 is 1.37 bits per heavy atom. The van der Waals surface area contributed by atoms with Crippen molar-refractivity contribution in [3.63, 3.8) is 0 Å². The standard InChI is InChI=1S/C13H22N2O2S2/c1-3-14-9-11-8-12(18-10-11)19(16,17)15-13(2)6-4-5-7-13/h8,10,14-15H,3-7,9H2,1-2H3. The maximum absolute atomic E-state index is 12.4. The van der Waals surface area contributed by atoms with Crippen molar-refractivity contribution in [2.24, 2.45) is 0 Å². The topological polar surface area (TPSA) is 58.2 Å². The molecule has 2 N–H and O–H groups in total. The summed E-state index contributed by atoms with van der Waals surface area (Å²) in [5.41, 5.74) is 0.772. The van der Waals surface area contributed by atoms with Crippen LogP contribution in [0.1, 0.15) is 45.1 Å². The zero-order valence-electron chi connectivity index (χ0n) is 11.5. The molecule has 0 spiro atoms. The highest BCUT2D eigenvalue weighted by Crippen LogP contribution is 2.31. The maximum Gasteiger partial charge on any atom is 0.250 e. The van der Waals surface area contributed by atoms with Crippen LogP contribution in [0.4, 0.5) is 0 Å². The van der Waals surface area contributed by atoms with Crippen LogP contribution < -0.4 is 10.0 Å². The summed E-state index contributed by atoms with van der Waals surface area (Å²) in [6.07, 6.45) is 4.08. The zero-order chi connectivity index (χ0) is 13.9. The lowest BCUT2D eigenvalue weighted by Crippen LogP contribution is -2.43. The lowest BCUT2D eigenvalue weighted by atomic mass is 10.0. The minimum absolute atomic E-state index is 0.259.